The van der Waals surface area contributed by atoms with E-state index in [1.807, 2.05) is 11.8 Å². The van der Waals surface area contributed by atoms with E-state index in [0.717, 1.165) is 12.8 Å². The van der Waals surface area contributed by atoms with E-state index in [2.05, 4.69) is 10.6 Å². The van der Waals surface area contributed by atoms with Crippen LogP contribution in [-0.2, 0) is 4.79 Å². The number of piperidine rings is 1. The number of anilines is 1. The minimum atomic E-state index is -0.345. The number of halogens is 2. The molecule has 6 nitrogen and oxygen atoms in total. The summed E-state index contributed by atoms with van der Waals surface area (Å²) in [6, 6.07) is 5.35. The van der Waals surface area contributed by atoms with Crippen molar-refractivity contribution in [3.05, 3.63) is 30.1 Å². The molecule has 0 saturated carbocycles. The fourth-order valence-corrected chi connectivity index (χ4v) is 2.67. The quantitative estimate of drug-likeness (QED) is 0.742. The number of carbonyl (C=O) groups is 2. The Labute approximate surface area is 153 Å². The normalized spacial score (nSPS) is 15.9. The number of rotatable bonds is 5. The minimum absolute atomic E-state index is 0. The van der Waals surface area contributed by atoms with Gasteiger partial charge in [0, 0.05) is 37.3 Å². The number of amides is 3. The Morgan fingerprint density at radius 3 is 2.44 bits per heavy atom. The van der Waals surface area contributed by atoms with Crippen molar-refractivity contribution >= 4 is 30.0 Å². The number of nitrogens with two attached hydrogens (primary N) is 1. The van der Waals surface area contributed by atoms with Gasteiger partial charge >= 0.3 is 6.03 Å². The number of nitrogens with zero attached hydrogens (tertiary/aromatic N) is 1. The Bertz CT molecular complexity index is 560. The van der Waals surface area contributed by atoms with Crippen molar-refractivity contribution in [2.75, 3.05) is 18.4 Å². The molecule has 0 spiro atoms. The maximum atomic E-state index is 12.8. The monoisotopic (exact) mass is 372 g/mol. The lowest BCUT2D eigenvalue weighted by Crippen LogP contribution is -2.47. The van der Waals surface area contributed by atoms with Crippen LogP contribution in [0.25, 0.3) is 0 Å². The third kappa shape index (κ3) is 7.27. The van der Waals surface area contributed by atoms with Gasteiger partial charge in [0.05, 0.1) is 0 Å². The molecular formula is C17H26ClFN4O2. The number of likely N-dealkylation sites (tertiary alicyclic amines) is 1. The molecule has 0 aliphatic carbocycles. The van der Waals surface area contributed by atoms with Crippen LogP contribution in [0.4, 0.5) is 14.9 Å². The molecule has 1 aliphatic heterocycles. The van der Waals surface area contributed by atoms with Crippen molar-refractivity contribution in [2.24, 2.45) is 5.73 Å². The van der Waals surface area contributed by atoms with Gasteiger partial charge in [0.2, 0.25) is 5.91 Å². The average Bonchev–Trinajstić information content (AvgIpc) is 2.55. The molecule has 1 unspecified atom stereocenters. The van der Waals surface area contributed by atoms with E-state index in [1.165, 1.54) is 24.3 Å². The van der Waals surface area contributed by atoms with Crippen LogP contribution in [0, 0.1) is 5.82 Å². The number of hydrogen-bond acceptors (Lipinski definition) is 3. The lowest BCUT2D eigenvalue weighted by atomic mass is 10.0. The molecule has 1 aromatic rings. The topological polar surface area (TPSA) is 87.5 Å². The third-order valence-electron chi connectivity index (χ3n) is 4.10. The molecule has 0 bridgehead atoms. The van der Waals surface area contributed by atoms with Crippen LogP contribution in [0.1, 0.15) is 32.6 Å². The number of nitrogens with one attached hydrogen (secondary N) is 2. The highest BCUT2D eigenvalue weighted by Crippen LogP contribution is 2.13. The Balaban J connectivity index is 0.00000312. The summed E-state index contributed by atoms with van der Waals surface area (Å²) in [5.74, 6) is -0.219. The molecule has 140 valence electrons. The van der Waals surface area contributed by atoms with E-state index in [-0.39, 0.29) is 42.2 Å². The van der Waals surface area contributed by atoms with Crippen molar-refractivity contribution < 1.29 is 14.0 Å². The zero-order valence-corrected chi connectivity index (χ0v) is 15.2. The minimum Gasteiger partial charge on any atom is -0.343 e. The van der Waals surface area contributed by atoms with Gasteiger partial charge in [-0.15, -0.1) is 12.4 Å². The molecule has 1 aliphatic rings. The van der Waals surface area contributed by atoms with Gasteiger partial charge in [-0.1, -0.05) is 0 Å². The third-order valence-corrected chi connectivity index (χ3v) is 4.10. The molecule has 25 heavy (non-hydrogen) atoms. The van der Waals surface area contributed by atoms with Gasteiger partial charge in [0.1, 0.15) is 5.82 Å². The SMILES string of the molecule is CC(N)CCC(=O)N1CCC(NC(=O)Nc2ccc(F)cc2)CC1.Cl. The van der Waals surface area contributed by atoms with Gasteiger partial charge in [0.25, 0.3) is 0 Å². The van der Waals surface area contributed by atoms with Gasteiger partial charge in [-0.2, -0.15) is 0 Å². The van der Waals surface area contributed by atoms with Gasteiger partial charge in [-0.3, -0.25) is 4.79 Å². The van der Waals surface area contributed by atoms with Crippen molar-refractivity contribution in [1.82, 2.24) is 10.2 Å². The molecule has 8 heteroatoms. The summed E-state index contributed by atoms with van der Waals surface area (Å²) in [7, 11) is 0. The van der Waals surface area contributed by atoms with Crippen molar-refractivity contribution in [3.63, 3.8) is 0 Å². The maximum absolute atomic E-state index is 12.8. The highest BCUT2D eigenvalue weighted by molar-refractivity contribution is 5.89. The Hall–Kier alpha value is -1.86. The van der Waals surface area contributed by atoms with Crippen LogP contribution < -0.4 is 16.4 Å². The summed E-state index contributed by atoms with van der Waals surface area (Å²) >= 11 is 0. The zero-order valence-electron chi connectivity index (χ0n) is 14.3. The second-order valence-electron chi connectivity index (χ2n) is 6.28. The summed E-state index contributed by atoms with van der Waals surface area (Å²) in [5.41, 5.74) is 6.21. The van der Waals surface area contributed by atoms with Crippen molar-refractivity contribution in [1.29, 1.82) is 0 Å². The Morgan fingerprint density at radius 1 is 1.28 bits per heavy atom. The van der Waals surface area contributed by atoms with Crippen molar-refractivity contribution in [2.45, 2.75) is 44.7 Å². The van der Waals surface area contributed by atoms with Gasteiger partial charge < -0.3 is 21.3 Å². The first kappa shape index (κ1) is 21.2. The molecule has 4 N–H and O–H groups in total. The maximum Gasteiger partial charge on any atom is 0.319 e. The van der Waals surface area contributed by atoms with Crippen LogP contribution in [0.3, 0.4) is 0 Å². The smallest absolute Gasteiger partial charge is 0.319 e. The highest BCUT2D eigenvalue weighted by Gasteiger charge is 2.23. The molecule has 1 heterocycles. The largest absolute Gasteiger partial charge is 0.343 e. The van der Waals surface area contributed by atoms with Crippen LogP contribution in [0.15, 0.2) is 24.3 Å². The van der Waals surface area contributed by atoms with Gasteiger partial charge in [-0.05, 0) is 50.5 Å². The lowest BCUT2D eigenvalue weighted by molar-refractivity contribution is -0.132. The van der Waals surface area contributed by atoms with E-state index in [1.54, 1.807) is 0 Å². The number of carbonyl (C=O) groups excluding carboxylic acids is 2. The van der Waals surface area contributed by atoms with E-state index in [9.17, 15) is 14.0 Å². The van der Waals surface area contributed by atoms with E-state index in [0.29, 0.717) is 31.6 Å². The molecule has 1 atom stereocenters. The first-order valence-electron chi connectivity index (χ1n) is 8.30. The van der Waals surface area contributed by atoms with Gasteiger partial charge in [-0.25, -0.2) is 9.18 Å². The fraction of sp³-hybridized carbons (Fsp3) is 0.529. The summed E-state index contributed by atoms with van der Waals surface area (Å²) in [6.45, 7) is 3.17. The number of hydrogen-bond donors (Lipinski definition) is 3. The molecule has 1 aromatic carbocycles. The lowest BCUT2D eigenvalue weighted by Gasteiger charge is -2.32. The predicted molar refractivity (Wildman–Crippen MR) is 98.3 cm³/mol. The van der Waals surface area contributed by atoms with Crippen LogP contribution in [0.5, 0.6) is 0 Å². The molecule has 3 amide bonds. The zero-order chi connectivity index (χ0) is 17.5. The summed E-state index contributed by atoms with van der Waals surface area (Å²) in [6.07, 6.45) is 2.61. The van der Waals surface area contributed by atoms with Crippen LogP contribution in [-0.4, -0.2) is 42.0 Å². The standard InChI is InChI=1S/C17H25FN4O2.ClH/c1-12(19)2-7-16(23)22-10-8-15(9-11-22)21-17(24)20-14-5-3-13(18)4-6-14;/h3-6,12,15H,2,7-11,19H2,1H3,(H2,20,21,24);1H. The molecule has 1 saturated heterocycles. The number of benzene rings is 1. The Morgan fingerprint density at radius 2 is 1.88 bits per heavy atom. The first-order chi connectivity index (χ1) is 11.4. The van der Waals surface area contributed by atoms with E-state index < -0.39 is 0 Å². The summed E-state index contributed by atoms with van der Waals surface area (Å²) in [5, 5.41) is 5.56. The van der Waals surface area contributed by atoms with E-state index >= 15 is 0 Å². The molecular weight excluding hydrogens is 347 g/mol. The second-order valence-corrected chi connectivity index (χ2v) is 6.28. The fourth-order valence-electron chi connectivity index (χ4n) is 2.67. The van der Waals surface area contributed by atoms with Crippen LogP contribution in [0.2, 0.25) is 0 Å². The highest BCUT2D eigenvalue weighted by atomic mass is 35.5. The van der Waals surface area contributed by atoms with Crippen molar-refractivity contribution in [3.8, 4) is 0 Å². The molecule has 1 fully saturated rings. The Kier molecular flexibility index (Phi) is 8.65. The molecule has 0 radical (unpaired) electrons. The average molecular weight is 373 g/mol. The first-order valence-corrected chi connectivity index (χ1v) is 8.30. The summed E-state index contributed by atoms with van der Waals surface area (Å²) in [4.78, 5) is 25.8. The predicted octanol–water partition coefficient (Wildman–Crippen LogP) is 2.49. The summed E-state index contributed by atoms with van der Waals surface area (Å²) < 4.78 is 12.8. The molecule has 2 rings (SSSR count). The van der Waals surface area contributed by atoms with Crippen LogP contribution >= 0.6 is 12.4 Å². The number of urea groups is 1. The van der Waals surface area contributed by atoms with Gasteiger partial charge in [0.15, 0.2) is 0 Å². The second kappa shape index (κ2) is 10.2. The molecule has 0 aromatic heterocycles. The van der Waals surface area contributed by atoms with E-state index in [4.69, 9.17) is 5.73 Å².